The smallest absolute Gasteiger partial charge is 0.338 e. The minimum Gasteiger partial charge on any atom is -0.493 e. The van der Waals surface area contributed by atoms with Crippen LogP contribution in [0.1, 0.15) is 36.2 Å². The van der Waals surface area contributed by atoms with Crippen LogP contribution in [0.15, 0.2) is 54.6 Å². The summed E-state index contributed by atoms with van der Waals surface area (Å²) in [6.45, 7) is 3.96. The first-order valence-electron chi connectivity index (χ1n) is 10.8. The van der Waals surface area contributed by atoms with Crippen LogP contribution in [0.2, 0.25) is 0 Å². The summed E-state index contributed by atoms with van der Waals surface area (Å²) >= 11 is 0. The normalized spacial score (nSPS) is 12.4. The molecule has 8 heteroatoms. The average Bonchev–Trinajstić information content (AvgIpc) is 2.84. The molecule has 0 fully saturated rings. The summed E-state index contributed by atoms with van der Waals surface area (Å²) < 4.78 is 21.7. The highest BCUT2D eigenvalue weighted by molar-refractivity contribution is 5.91. The summed E-state index contributed by atoms with van der Waals surface area (Å²) in [5.41, 5.74) is 1.02. The van der Waals surface area contributed by atoms with Gasteiger partial charge in [-0.15, -0.1) is 0 Å². The summed E-state index contributed by atoms with van der Waals surface area (Å²) in [6, 6.07) is 13.2. The molecule has 2 aromatic rings. The summed E-state index contributed by atoms with van der Waals surface area (Å²) in [4.78, 5) is 24.4. The van der Waals surface area contributed by atoms with Gasteiger partial charge in [-0.1, -0.05) is 43.3 Å². The van der Waals surface area contributed by atoms with Crippen LogP contribution >= 0.6 is 0 Å². The lowest BCUT2D eigenvalue weighted by Gasteiger charge is -2.39. The van der Waals surface area contributed by atoms with Crippen LogP contribution in [-0.4, -0.2) is 64.0 Å². The zero-order valence-electron chi connectivity index (χ0n) is 21.0. The van der Waals surface area contributed by atoms with Gasteiger partial charge in [0.05, 0.1) is 32.4 Å². The number of hydrogen-bond acceptors (Lipinski definition) is 7. The second-order valence-corrected chi connectivity index (χ2v) is 7.47. The molecular formula is C26H35NO7. The van der Waals surface area contributed by atoms with Gasteiger partial charge in [-0.3, -0.25) is 4.90 Å². The molecule has 0 aliphatic rings. The number of aliphatic carboxylic acids is 1. The topological polar surface area (TPSA) is 94.5 Å². The van der Waals surface area contributed by atoms with E-state index in [9.17, 15) is 9.59 Å². The van der Waals surface area contributed by atoms with E-state index in [1.807, 2.05) is 32.3 Å². The van der Waals surface area contributed by atoms with Crippen molar-refractivity contribution in [3.05, 3.63) is 65.7 Å². The molecule has 1 atom stereocenters. The summed E-state index contributed by atoms with van der Waals surface area (Å²) in [5, 5.41) is 7.83. The Balaban J connectivity index is 0.000000852. The largest absolute Gasteiger partial charge is 0.493 e. The molecule has 0 saturated carbocycles. The zero-order chi connectivity index (χ0) is 25.7. The lowest BCUT2D eigenvalue weighted by Crippen LogP contribution is -2.45. The molecule has 2 rings (SSSR count). The Bertz CT molecular complexity index is 932. The SMILES string of the molecule is C/C=C\C(=O)O.CCC(COC(=O)c1cc(OC)c(OC)c(OC)c1)(c1ccccc1)N(C)C. The van der Waals surface area contributed by atoms with Crippen LogP contribution in [0.5, 0.6) is 17.2 Å². The van der Waals surface area contributed by atoms with Gasteiger partial charge in [0.25, 0.3) is 0 Å². The van der Waals surface area contributed by atoms with Crippen LogP contribution in [-0.2, 0) is 15.1 Å². The van der Waals surface area contributed by atoms with E-state index in [0.717, 1.165) is 18.1 Å². The number of nitrogens with zero attached hydrogens (tertiary/aromatic N) is 1. The fourth-order valence-corrected chi connectivity index (χ4v) is 3.45. The van der Waals surface area contributed by atoms with Gasteiger partial charge >= 0.3 is 11.9 Å². The second kappa shape index (κ2) is 13.9. The van der Waals surface area contributed by atoms with E-state index in [4.69, 9.17) is 24.1 Å². The van der Waals surface area contributed by atoms with Crippen LogP contribution in [0, 0.1) is 0 Å². The highest BCUT2D eigenvalue weighted by Crippen LogP contribution is 2.38. The first-order chi connectivity index (χ1) is 16.2. The molecule has 0 aliphatic heterocycles. The van der Waals surface area contributed by atoms with Crippen LogP contribution in [0.4, 0.5) is 0 Å². The second-order valence-electron chi connectivity index (χ2n) is 7.47. The standard InChI is InChI=1S/C22H29NO5.C4H6O2/c1-7-22(23(2)3,17-11-9-8-10-12-17)15-28-21(24)16-13-18(25-4)20(27-6)19(14-16)26-5;1-2-3-4(5)6/h8-14H,7,15H2,1-6H3;2-3H,1H3,(H,5,6)/b;3-2-. The number of methoxy groups -OCH3 is 3. The number of carboxylic acids is 1. The number of allylic oxidation sites excluding steroid dienone is 1. The Labute approximate surface area is 201 Å². The summed E-state index contributed by atoms with van der Waals surface area (Å²) in [7, 11) is 8.52. The third-order valence-corrected chi connectivity index (χ3v) is 5.40. The van der Waals surface area contributed by atoms with Gasteiger partial charge in [0.15, 0.2) is 11.5 Å². The third-order valence-electron chi connectivity index (χ3n) is 5.40. The number of rotatable bonds is 10. The Morgan fingerprint density at radius 3 is 1.91 bits per heavy atom. The zero-order valence-corrected chi connectivity index (χ0v) is 21.0. The molecule has 186 valence electrons. The number of ether oxygens (including phenoxy) is 4. The number of carbonyl (C=O) groups excluding carboxylic acids is 1. The Kier molecular flexibility index (Phi) is 11.7. The van der Waals surface area contributed by atoms with Gasteiger partial charge < -0.3 is 24.1 Å². The van der Waals surface area contributed by atoms with E-state index >= 15 is 0 Å². The molecule has 0 bridgehead atoms. The predicted octanol–water partition coefficient (Wildman–Crippen LogP) is 4.38. The lowest BCUT2D eigenvalue weighted by molar-refractivity contribution is -0.131. The van der Waals surface area contributed by atoms with Gasteiger partial charge in [-0.25, -0.2) is 9.59 Å². The molecule has 0 spiro atoms. The van der Waals surface area contributed by atoms with Crippen molar-refractivity contribution in [1.82, 2.24) is 4.90 Å². The molecule has 0 radical (unpaired) electrons. The van der Waals surface area contributed by atoms with Gasteiger partial charge in [0, 0.05) is 6.08 Å². The van der Waals surface area contributed by atoms with E-state index < -0.39 is 17.5 Å². The average molecular weight is 474 g/mol. The predicted molar refractivity (Wildman–Crippen MR) is 131 cm³/mol. The minimum atomic E-state index is -0.891. The molecule has 0 amide bonds. The molecule has 2 aromatic carbocycles. The van der Waals surface area contributed by atoms with E-state index in [-0.39, 0.29) is 6.61 Å². The minimum absolute atomic E-state index is 0.218. The van der Waals surface area contributed by atoms with Crippen molar-refractivity contribution in [3.8, 4) is 17.2 Å². The number of likely N-dealkylation sites (N-methyl/N-ethyl adjacent to an activating group) is 1. The van der Waals surface area contributed by atoms with Crippen LogP contribution in [0.25, 0.3) is 0 Å². The van der Waals surface area contributed by atoms with E-state index in [1.54, 1.807) is 19.1 Å². The molecule has 8 nitrogen and oxygen atoms in total. The first kappa shape index (κ1) is 28.5. The highest BCUT2D eigenvalue weighted by Gasteiger charge is 2.34. The fourth-order valence-electron chi connectivity index (χ4n) is 3.45. The Morgan fingerprint density at radius 1 is 1.00 bits per heavy atom. The van der Waals surface area contributed by atoms with Gasteiger partial charge in [-0.05, 0) is 45.1 Å². The lowest BCUT2D eigenvalue weighted by atomic mass is 9.87. The van der Waals surface area contributed by atoms with Crippen molar-refractivity contribution in [2.75, 3.05) is 42.0 Å². The molecule has 0 aromatic heterocycles. The van der Waals surface area contributed by atoms with E-state index in [1.165, 1.54) is 27.4 Å². The number of carboxylic acid groups (broad SMARTS) is 1. The van der Waals surface area contributed by atoms with E-state index in [2.05, 4.69) is 24.0 Å². The van der Waals surface area contributed by atoms with Crippen LogP contribution < -0.4 is 14.2 Å². The Morgan fingerprint density at radius 2 is 1.56 bits per heavy atom. The molecule has 34 heavy (non-hydrogen) atoms. The third kappa shape index (κ3) is 7.25. The van der Waals surface area contributed by atoms with Crippen molar-refractivity contribution in [1.29, 1.82) is 0 Å². The van der Waals surface area contributed by atoms with Crippen LogP contribution in [0.3, 0.4) is 0 Å². The fraction of sp³-hybridized carbons (Fsp3) is 0.385. The molecule has 0 aliphatic carbocycles. The van der Waals surface area contributed by atoms with Gasteiger partial charge in [0.1, 0.15) is 6.61 Å². The monoisotopic (exact) mass is 473 g/mol. The highest BCUT2D eigenvalue weighted by atomic mass is 16.5. The molecule has 0 heterocycles. The van der Waals surface area contributed by atoms with Crippen molar-refractivity contribution in [2.24, 2.45) is 0 Å². The number of carbonyl (C=O) groups is 2. The first-order valence-corrected chi connectivity index (χ1v) is 10.8. The number of esters is 1. The maximum atomic E-state index is 12.8. The van der Waals surface area contributed by atoms with Crippen molar-refractivity contribution in [2.45, 2.75) is 25.8 Å². The number of benzene rings is 2. The molecule has 1 N–H and O–H groups in total. The molecule has 0 saturated heterocycles. The van der Waals surface area contributed by atoms with Crippen molar-refractivity contribution in [3.63, 3.8) is 0 Å². The quantitative estimate of drug-likeness (QED) is 0.401. The maximum Gasteiger partial charge on any atom is 0.338 e. The van der Waals surface area contributed by atoms with Crippen molar-refractivity contribution < 1.29 is 33.6 Å². The number of hydrogen-bond donors (Lipinski definition) is 1. The van der Waals surface area contributed by atoms with E-state index in [0.29, 0.717) is 22.8 Å². The summed E-state index contributed by atoms with van der Waals surface area (Å²) in [6.07, 6.45) is 3.34. The molecule has 1 unspecified atom stereocenters. The van der Waals surface area contributed by atoms with Gasteiger partial charge in [0.2, 0.25) is 5.75 Å². The Hall–Kier alpha value is -3.52. The summed E-state index contributed by atoms with van der Waals surface area (Å²) in [5.74, 6) is -0.0909. The maximum absolute atomic E-state index is 12.8. The van der Waals surface area contributed by atoms with Crippen molar-refractivity contribution >= 4 is 11.9 Å². The molecular weight excluding hydrogens is 438 g/mol. The van der Waals surface area contributed by atoms with Gasteiger partial charge in [-0.2, -0.15) is 0 Å².